The van der Waals surface area contributed by atoms with E-state index in [2.05, 4.69) is 85.6 Å². The number of thioether (sulfide) groups is 2. The number of unbranched alkanes of at least 4 members (excludes halogenated alkanes) is 6. The molecule has 0 aromatic heterocycles. The van der Waals surface area contributed by atoms with Gasteiger partial charge in [-0.3, -0.25) is 0 Å². The first-order chi connectivity index (χ1) is 14.8. The molecule has 2 aromatic rings. The summed E-state index contributed by atoms with van der Waals surface area (Å²) in [5.41, 5.74) is 4.24. The van der Waals surface area contributed by atoms with E-state index in [0.717, 1.165) is 25.2 Å². The maximum Gasteiger partial charge on any atom is 0.119 e. The van der Waals surface area contributed by atoms with Gasteiger partial charge in [0.15, 0.2) is 0 Å². The summed E-state index contributed by atoms with van der Waals surface area (Å²) in [6, 6.07) is 17.9. The molecule has 0 atom stereocenters. The van der Waals surface area contributed by atoms with Crippen molar-refractivity contribution < 1.29 is 4.74 Å². The second kappa shape index (κ2) is 13.2. The van der Waals surface area contributed by atoms with Gasteiger partial charge < -0.3 is 4.74 Å². The molecule has 0 N–H and O–H groups in total. The molecule has 1 aliphatic rings. The molecule has 30 heavy (non-hydrogen) atoms. The van der Waals surface area contributed by atoms with E-state index in [1.807, 2.05) is 6.08 Å². The van der Waals surface area contributed by atoms with Gasteiger partial charge in [-0.25, -0.2) is 0 Å². The van der Waals surface area contributed by atoms with Crippen LogP contribution in [0.3, 0.4) is 0 Å². The first kappa shape index (κ1) is 23.3. The zero-order valence-electron chi connectivity index (χ0n) is 18.4. The molecule has 0 radical (unpaired) electrons. The molecule has 0 spiro atoms. The Balaban J connectivity index is 1.33. The average Bonchev–Trinajstić information content (AvgIpc) is 2.79. The van der Waals surface area contributed by atoms with Crippen LogP contribution in [0.1, 0.15) is 72.1 Å². The minimum absolute atomic E-state index is 0.543. The van der Waals surface area contributed by atoms with Crippen LogP contribution in [0.4, 0.5) is 0 Å². The molecule has 0 aliphatic carbocycles. The van der Waals surface area contributed by atoms with Gasteiger partial charge in [0.25, 0.3) is 0 Å². The summed E-state index contributed by atoms with van der Waals surface area (Å²) < 4.78 is 6.49. The van der Waals surface area contributed by atoms with Crippen LogP contribution in [0.2, 0.25) is 0 Å². The topological polar surface area (TPSA) is 9.23 Å². The van der Waals surface area contributed by atoms with Crippen LogP contribution in [-0.2, 0) is 0 Å². The van der Waals surface area contributed by atoms with Gasteiger partial charge in [0, 0.05) is 17.4 Å². The molecule has 0 saturated carbocycles. The summed E-state index contributed by atoms with van der Waals surface area (Å²) in [5.74, 6) is 4.08. The lowest BCUT2D eigenvalue weighted by molar-refractivity contribution is 0.304. The fourth-order valence-corrected chi connectivity index (χ4v) is 6.88. The lowest BCUT2D eigenvalue weighted by atomic mass is 10.0. The van der Waals surface area contributed by atoms with Crippen molar-refractivity contribution in [3.63, 3.8) is 0 Å². The molecule has 1 heterocycles. The Hall–Kier alpha value is -1.32. The monoisotopic (exact) mass is 440 g/mol. The number of hydrogen-bond acceptors (Lipinski definition) is 3. The number of allylic oxidation sites excluding steroid dienone is 1. The molecule has 1 fully saturated rings. The SMILES string of the molecule is C=CCCCCCCCCOc1ccc(C2SCC(c3ccc(C)cc3)CS2)cc1. The highest BCUT2D eigenvalue weighted by molar-refractivity contribution is 8.17. The molecule has 1 nitrogen and oxygen atoms in total. The fraction of sp³-hybridized carbons (Fsp3) is 0.481. The minimum Gasteiger partial charge on any atom is -0.494 e. The van der Waals surface area contributed by atoms with E-state index < -0.39 is 0 Å². The van der Waals surface area contributed by atoms with E-state index in [1.165, 1.54) is 60.3 Å². The molecule has 0 amide bonds. The standard InChI is InChI=1S/C27H36OS2/c1-3-4-5-6-7-8-9-10-19-28-26-17-15-24(16-18-26)27-29-20-25(21-30-27)23-13-11-22(2)12-14-23/h3,11-18,25,27H,1,4-10,19-21H2,2H3. The van der Waals surface area contributed by atoms with E-state index in [-0.39, 0.29) is 0 Å². The van der Waals surface area contributed by atoms with Crippen LogP contribution in [-0.4, -0.2) is 18.1 Å². The zero-order valence-corrected chi connectivity index (χ0v) is 20.0. The highest BCUT2D eigenvalue weighted by Crippen LogP contribution is 2.48. The van der Waals surface area contributed by atoms with Crippen molar-refractivity contribution in [3.05, 3.63) is 77.9 Å². The Kier molecular flexibility index (Phi) is 10.2. The van der Waals surface area contributed by atoms with Gasteiger partial charge in [0.05, 0.1) is 11.2 Å². The summed E-state index contributed by atoms with van der Waals surface area (Å²) in [5, 5.41) is 0. The summed E-state index contributed by atoms with van der Waals surface area (Å²) in [6.45, 7) is 6.77. The Morgan fingerprint density at radius 3 is 2.10 bits per heavy atom. The van der Waals surface area contributed by atoms with Gasteiger partial charge in [0.2, 0.25) is 0 Å². The third kappa shape index (κ3) is 7.74. The largest absolute Gasteiger partial charge is 0.494 e. The number of hydrogen-bond donors (Lipinski definition) is 0. The number of rotatable bonds is 12. The van der Waals surface area contributed by atoms with Gasteiger partial charge in [-0.05, 0) is 49.4 Å². The van der Waals surface area contributed by atoms with Gasteiger partial charge in [-0.1, -0.05) is 73.7 Å². The van der Waals surface area contributed by atoms with Crippen molar-refractivity contribution >= 4 is 23.5 Å². The van der Waals surface area contributed by atoms with Gasteiger partial charge in [0.1, 0.15) is 5.75 Å². The van der Waals surface area contributed by atoms with Crippen molar-refractivity contribution in [1.29, 1.82) is 0 Å². The predicted octanol–water partition coefficient (Wildman–Crippen LogP) is 8.55. The van der Waals surface area contributed by atoms with Crippen molar-refractivity contribution in [2.45, 2.75) is 62.4 Å². The van der Waals surface area contributed by atoms with E-state index in [9.17, 15) is 0 Å². The Bertz CT molecular complexity index is 730. The molecule has 1 saturated heterocycles. The minimum atomic E-state index is 0.543. The Morgan fingerprint density at radius 1 is 0.833 bits per heavy atom. The molecule has 3 rings (SSSR count). The Morgan fingerprint density at radius 2 is 1.43 bits per heavy atom. The second-order valence-corrected chi connectivity index (χ2v) is 10.8. The first-order valence-electron chi connectivity index (χ1n) is 11.4. The highest BCUT2D eigenvalue weighted by atomic mass is 32.2. The number of aryl methyl sites for hydroxylation is 1. The van der Waals surface area contributed by atoms with E-state index in [1.54, 1.807) is 0 Å². The maximum atomic E-state index is 5.95. The molecule has 3 heteroatoms. The lowest BCUT2D eigenvalue weighted by Gasteiger charge is -2.28. The molecular weight excluding hydrogens is 404 g/mol. The first-order valence-corrected chi connectivity index (χ1v) is 13.5. The molecule has 1 aliphatic heterocycles. The summed E-state index contributed by atoms with van der Waals surface area (Å²) in [4.78, 5) is 0. The fourth-order valence-electron chi connectivity index (χ4n) is 3.74. The zero-order chi connectivity index (χ0) is 21.0. The lowest BCUT2D eigenvalue weighted by Crippen LogP contribution is -2.12. The third-order valence-corrected chi connectivity index (χ3v) is 8.83. The number of benzene rings is 2. The van der Waals surface area contributed by atoms with Crippen molar-refractivity contribution in [2.75, 3.05) is 18.1 Å². The second-order valence-electron chi connectivity index (χ2n) is 8.22. The number of ether oxygens (including phenoxy) is 1. The Labute approximate surface area is 192 Å². The van der Waals surface area contributed by atoms with Crippen LogP contribution in [0.15, 0.2) is 61.2 Å². The van der Waals surface area contributed by atoms with Crippen LogP contribution in [0.5, 0.6) is 5.75 Å². The molecule has 162 valence electrons. The average molecular weight is 441 g/mol. The van der Waals surface area contributed by atoms with Crippen LogP contribution < -0.4 is 4.74 Å². The van der Waals surface area contributed by atoms with E-state index in [4.69, 9.17) is 4.74 Å². The molecular formula is C27H36OS2. The van der Waals surface area contributed by atoms with Gasteiger partial charge in [-0.2, -0.15) is 0 Å². The summed E-state index contributed by atoms with van der Waals surface area (Å²) in [6.07, 6.45) is 10.9. The van der Waals surface area contributed by atoms with E-state index in [0.29, 0.717) is 10.5 Å². The van der Waals surface area contributed by atoms with Gasteiger partial charge in [-0.15, -0.1) is 30.1 Å². The van der Waals surface area contributed by atoms with Crippen molar-refractivity contribution in [3.8, 4) is 5.75 Å². The third-order valence-electron chi connectivity index (χ3n) is 5.67. The predicted molar refractivity (Wildman–Crippen MR) is 136 cm³/mol. The van der Waals surface area contributed by atoms with E-state index >= 15 is 0 Å². The summed E-state index contributed by atoms with van der Waals surface area (Å²) >= 11 is 4.16. The quantitative estimate of drug-likeness (QED) is 0.242. The molecule has 2 aromatic carbocycles. The highest BCUT2D eigenvalue weighted by Gasteiger charge is 2.24. The van der Waals surface area contributed by atoms with Crippen LogP contribution >= 0.6 is 23.5 Å². The summed E-state index contributed by atoms with van der Waals surface area (Å²) in [7, 11) is 0. The normalized spacial score (nSPS) is 18.8. The maximum absolute atomic E-state index is 5.95. The molecule has 0 bridgehead atoms. The van der Waals surface area contributed by atoms with Crippen LogP contribution in [0, 0.1) is 6.92 Å². The molecule has 0 unspecified atom stereocenters. The van der Waals surface area contributed by atoms with Crippen molar-refractivity contribution in [1.82, 2.24) is 0 Å². The van der Waals surface area contributed by atoms with Gasteiger partial charge >= 0.3 is 0 Å². The van der Waals surface area contributed by atoms with Crippen LogP contribution in [0.25, 0.3) is 0 Å². The smallest absolute Gasteiger partial charge is 0.119 e. The van der Waals surface area contributed by atoms with Crippen molar-refractivity contribution in [2.24, 2.45) is 0 Å².